The van der Waals surface area contributed by atoms with Crippen LogP contribution in [0.5, 0.6) is 0 Å². The molecule has 0 amide bonds. The van der Waals surface area contributed by atoms with Crippen molar-refractivity contribution in [3.05, 3.63) is 13.6 Å². The summed E-state index contributed by atoms with van der Waals surface area (Å²) in [4.78, 5) is 10.8. The van der Waals surface area contributed by atoms with Gasteiger partial charge in [-0.3, -0.25) is 4.79 Å². The van der Waals surface area contributed by atoms with Crippen LogP contribution < -0.4 is 0 Å². The molecule has 112 valence electrons. The van der Waals surface area contributed by atoms with Gasteiger partial charge in [0.25, 0.3) is 0 Å². The van der Waals surface area contributed by atoms with Crippen LogP contribution in [0, 0.1) is 5.92 Å². The Morgan fingerprint density at radius 2 is 2.20 bits per heavy atom. The first-order valence-corrected chi connectivity index (χ1v) is 9.81. The predicted octanol–water partition coefficient (Wildman–Crippen LogP) is 3.15. The van der Waals surface area contributed by atoms with E-state index in [-0.39, 0.29) is 17.2 Å². The van der Waals surface area contributed by atoms with E-state index in [9.17, 15) is 13.2 Å². The van der Waals surface area contributed by atoms with Crippen LogP contribution in [0.2, 0.25) is 0 Å². The first-order chi connectivity index (χ1) is 9.30. The van der Waals surface area contributed by atoms with Gasteiger partial charge in [-0.1, -0.05) is 0 Å². The molecule has 1 unspecified atom stereocenters. The molecule has 2 rings (SSSR count). The summed E-state index contributed by atoms with van der Waals surface area (Å²) < 4.78 is 27.8. The highest BCUT2D eigenvalue weighted by molar-refractivity contribution is 9.12. The van der Waals surface area contributed by atoms with Gasteiger partial charge in [0.1, 0.15) is 4.90 Å². The molecule has 0 radical (unpaired) electrons. The van der Waals surface area contributed by atoms with Crippen LogP contribution in [-0.2, 0) is 14.8 Å². The predicted molar refractivity (Wildman–Crippen MR) is 83.5 cm³/mol. The molecule has 9 heteroatoms. The molecule has 0 saturated carbocycles. The van der Waals surface area contributed by atoms with E-state index in [0.29, 0.717) is 23.3 Å². The number of sulfonamides is 1. The number of nitrogens with zero attached hydrogens (tertiary/aromatic N) is 1. The summed E-state index contributed by atoms with van der Waals surface area (Å²) in [6, 6.07) is 1.59. The van der Waals surface area contributed by atoms with Gasteiger partial charge in [0.15, 0.2) is 0 Å². The molecule has 1 aliphatic heterocycles. The molecule has 0 aliphatic carbocycles. The summed E-state index contributed by atoms with van der Waals surface area (Å²) in [5, 5.41) is 8.67. The first-order valence-electron chi connectivity index (χ1n) is 5.97. The van der Waals surface area contributed by atoms with Crippen molar-refractivity contribution in [2.75, 3.05) is 13.1 Å². The van der Waals surface area contributed by atoms with E-state index < -0.39 is 16.0 Å². The quantitative estimate of drug-likeness (QED) is 0.753. The Balaban J connectivity index is 2.09. The maximum absolute atomic E-state index is 12.5. The van der Waals surface area contributed by atoms with Crippen molar-refractivity contribution >= 4 is 59.2 Å². The molecule has 1 aliphatic rings. The van der Waals surface area contributed by atoms with Crippen molar-refractivity contribution in [1.29, 1.82) is 0 Å². The second-order valence-corrected chi connectivity index (χ2v) is 10.3. The molecule has 20 heavy (non-hydrogen) atoms. The minimum atomic E-state index is -3.50. The van der Waals surface area contributed by atoms with Crippen LogP contribution in [-0.4, -0.2) is 36.9 Å². The van der Waals surface area contributed by atoms with Crippen molar-refractivity contribution < 1.29 is 18.3 Å². The van der Waals surface area contributed by atoms with Gasteiger partial charge in [0, 0.05) is 19.5 Å². The normalized spacial score (nSPS) is 20.4. The molecule has 5 nitrogen and oxygen atoms in total. The van der Waals surface area contributed by atoms with E-state index >= 15 is 0 Å². The zero-order valence-electron chi connectivity index (χ0n) is 10.4. The number of hydrogen-bond donors (Lipinski definition) is 1. The van der Waals surface area contributed by atoms with Gasteiger partial charge in [0.2, 0.25) is 10.0 Å². The fourth-order valence-electron chi connectivity index (χ4n) is 2.22. The molecular weight excluding hydrogens is 434 g/mol. The van der Waals surface area contributed by atoms with Crippen LogP contribution in [0.3, 0.4) is 0 Å². The Labute approximate surface area is 138 Å². The van der Waals surface area contributed by atoms with E-state index in [1.165, 1.54) is 15.6 Å². The third-order valence-electron chi connectivity index (χ3n) is 3.26. The smallest absolute Gasteiger partial charge is 0.303 e. The van der Waals surface area contributed by atoms with Crippen molar-refractivity contribution in [2.24, 2.45) is 5.92 Å². The Hall–Kier alpha value is 0.0400. The number of aliphatic carboxylic acids is 1. The fourth-order valence-corrected chi connectivity index (χ4v) is 7.51. The molecule has 0 bridgehead atoms. The fraction of sp³-hybridized carbons (Fsp3) is 0.545. The van der Waals surface area contributed by atoms with Gasteiger partial charge < -0.3 is 5.11 Å². The number of carbonyl (C=O) groups is 1. The minimum Gasteiger partial charge on any atom is -0.481 e. The molecule has 1 aromatic heterocycles. The van der Waals surface area contributed by atoms with E-state index in [4.69, 9.17) is 5.11 Å². The summed E-state index contributed by atoms with van der Waals surface area (Å²) in [6.45, 7) is 0.849. The van der Waals surface area contributed by atoms with Gasteiger partial charge in [-0.2, -0.15) is 4.31 Å². The highest BCUT2D eigenvalue weighted by Crippen LogP contribution is 2.37. The van der Waals surface area contributed by atoms with E-state index in [2.05, 4.69) is 31.9 Å². The van der Waals surface area contributed by atoms with Crippen molar-refractivity contribution in [2.45, 2.75) is 24.2 Å². The summed E-state index contributed by atoms with van der Waals surface area (Å²) in [5.74, 6) is -0.711. The van der Waals surface area contributed by atoms with Crippen LogP contribution >= 0.6 is 43.2 Å². The average Bonchev–Trinajstić information content (AvgIpc) is 2.93. The summed E-state index contributed by atoms with van der Waals surface area (Å²) in [6.07, 6.45) is 1.33. The molecule has 1 saturated heterocycles. The minimum absolute atomic E-state index is 0.0895. The van der Waals surface area contributed by atoms with Gasteiger partial charge >= 0.3 is 5.97 Å². The van der Waals surface area contributed by atoms with Gasteiger partial charge in [-0.05, 0) is 56.7 Å². The van der Waals surface area contributed by atoms with E-state index in [1.54, 1.807) is 6.07 Å². The third-order valence-corrected chi connectivity index (χ3v) is 7.88. The number of rotatable bonds is 5. The number of thiophene rings is 1. The molecular formula is C11H13Br2NO4S2. The molecule has 0 spiro atoms. The van der Waals surface area contributed by atoms with Crippen LogP contribution in [0.1, 0.15) is 19.3 Å². The Bertz CT molecular complexity index is 614. The Morgan fingerprint density at radius 3 is 2.75 bits per heavy atom. The molecule has 1 atom stereocenters. The Morgan fingerprint density at radius 1 is 1.50 bits per heavy atom. The monoisotopic (exact) mass is 445 g/mol. The number of carboxylic acid groups (broad SMARTS) is 1. The molecule has 1 fully saturated rings. The third kappa shape index (κ3) is 3.62. The highest BCUT2D eigenvalue weighted by Gasteiger charge is 2.34. The van der Waals surface area contributed by atoms with Crippen molar-refractivity contribution in [1.82, 2.24) is 4.31 Å². The van der Waals surface area contributed by atoms with Gasteiger partial charge in [0.05, 0.1) is 7.57 Å². The van der Waals surface area contributed by atoms with Crippen LogP contribution in [0.4, 0.5) is 0 Å². The summed E-state index contributed by atoms with van der Waals surface area (Å²) >= 11 is 7.87. The lowest BCUT2D eigenvalue weighted by atomic mass is 10.0. The summed E-state index contributed by atoms with van der Waals surface area (Å²) in [5.41, 5.74) is 0. The van der Waals surface area contributed by atoms with Gasteiger partial charge in [-0.25, -0.2) is 8.42 Å². The second kappa shape index (κ2) is 6.43. The zero-order chi connectivity index (χ0) is 14.9. The zero-order valence-corrected chi connectivity index (χ0v) is 15.2. The van der Waals surface area contributed by atoms with Gasteiger partial charge in [-0.15, -0.1) is 11.3 Å². The average molecular weight is 447 g/mol. The van der Waals surface area contributed by atoms with Crippen LogP contribution in [0.15, 0.2) is 18.5 Å². The Kier molecular flexibility index (Phi) is 5.28. The SMILES string of the molecule is O=C(O)CCC1CCN(S(=O)(=O)c2cc(Br)sc2Br)C1. The molecule has 2 heterocycles. The van der Waals surface area contributed by atoms with Crippen molar-refractivity contribution in [3.8, 4) is 0 Å². The standard InChI is InChI=1S/C11H13Br2NO4S2/c12-9-5-8(11(13)19-9)20(17,18)14-4-3-7(6-14)1-2-10(15)16/h5,7H,1-4,6H2,(H,15,16). The number of hydrogen-bond acceptors (Lipinski definition) is 4. The number of carboxylic acids is 1. The highest BCUT2D eigenvalue weighted by atomic mass is 79.9. The van der Waals surface area contributed by atoms with E-state index in [1.807, 2.05) is 0 Å². The first kappa shape index (κ1) is 16.4. The number of halogens is 2. The lowest BCUT2D eigenvalue weighted by molar-refractivity contribution is -0.137. The maximum atomic E-state index is 12.5. The lowest BCUT2D eigenvalue weighted by Crippen LogP contribution is -2.28. The lowest BCUT2D eigenvalue weighted by Gasteiger charge is -2.16. The van der Waals surface area contributed by atoms with Crippen LogP contribution in [0.25, 0.3) is 0 Å². The topological polar surface area (TPSA) is 74.7 Å². The van der Waals surface area contributed by atoms with E-state index in [0.717, 1.165) is 10.2 Å². The summed E-state index contributed by atoms with van der Waals surface area (Å²) in [7, 11) is -3.50. The molecule has 0 aromatic carbocycles. The maximum Gasteiger partial charge on any atom is 0.303 e. The molecule has 1 aromatic rings. The van der Waals surface area contributed by atoms with Crippen molar-refractivity contribution in [3.63, 3.8) is 0 Å². The second-order valence-electron chi connectivity index (χ2n) is 4.64. The largest absolute Gasteiger partial charge is 0.481 e. The molecule has 1 N–H and O–H groups in total.